The highest BCUT2D eigenvalue weighted by molar-refractivity contribution is 5.70. The molecule has 0 fully saturated rings. The van der Waals surface area contributed by atoms with Crippen molar-refractivity contribution in [2.24, 2.45) is 7.05 Å². The number of anilines is 2. The number of pyridine rings is 1. The van der Waals surface area contributed by atoms with E-state index in [1.165, 1.54) is 6.07 Å². The molecule has 30 heavy (non-hydrogen) atoms. The Labute approximate surface area is 171 Å². The van der Waals surface area contributed by atoms with Crippen LogP contribution >= 0.6 is 0 Å². The summed E-state index contributed by atoms with van der Waals surface area (Å²) >= 11 is 0. The lowest BCUT2D eigenvalue weighted by Gasteiger charge is -2.12. The molecule has 0 aliphatic heterocycles. The second-order valence-corrected chi connectivity index (χ2v) is 6.76. The average Bonchev–Trinajstić information content (AvgIpc) is 3.39. The third kappa shape index (κ3) is 3.46. The van der Waals surface area contributed by atoms with E-state index in [0.29, 0.717) is 17.4 Å². The highest BCUT2D eigenvalue weighted by Gasteiger charge is 2.13. The van der Waals surface area contributed by atoms with Crippen LogP contribution in [0.5, 0.6) is 11.5 Å². The van der Waals surface area contributed by atoms with E-state index < -0.39 is 5.82 Å². The summed E-state index contributed by atoms with van der Waals surface area (Å²) in [5.41, 5.74) is 3.03. The molecule has 0 saturated carbocycles. The van der Waals surface area contributed by atoms with Crippen LogP contribution in [0.4, 0.5) is 16.0 Å². The van der Waals surface area contributed by atoms with Crippen molar-refractivity contribution in [1.29, 1.82) is 0 Å². The third-order valence-corrected chi connectivity index (χ3v) is 4.57. The zero-order valence-corrected chi connectivity index (χ0v) is 16.0. The van der Waals surface area contributed by atoms with Crippen molar-refractivity contribution < 1.29 is 9.13 Å². The molecule has 0 unspecified atom stereocenters. The fourth-order valence-corrected chi connectivity index (χ4v) is 3.17. The van der Waals surface area contributed by atoms with Crippen LogP contribution in [0.3, 0.4) is 0 Å². The van der Waals surface area contributed by atoms with Crippen LogP contribution in [0.1, 0.15) is 0 Å². The Morgan fingerprint density at radius 3 is 2.60 bits per heavy atom. The van der Waals surface area contributed by atoms with Crippen LogP contribution in [0, 0.1) is 5.82 Å². The lowest BCUT2D eigenvalue weighted by atomic mass is 10.2. The fourth-order valence-electron chi connectivity index (χ4n) is 3.17. The summed E-state index contributed by atoms with van der Waals surface area (Å²) in [5, 5.41) is 2.96. The molecule has 5 rings (SSSR count). The van der Waals surface area contributed by atoms with E-state index in [4.69, 9.17) is 4.74 Å². The molecule has 8 heteroatoms. The smallest absolute Gasteiger partial charge is 0.227 e. The van der Waals surface area contributed by atoms with Gasteiger partial charge in [0.15, 0.2) is 17.3 Å². The number of benzene rings is 1. The van der Waals surface area contributed by atoms with Crippen LogP contribution in [-0.4, -0.2) is 23.9 Å². The van der Waals surface area contributed by atoms with E-state index in [0.717, 1.165) is 16.8 Å². The summed E-state index contributed by atoms with van der Waals surface area (Å²) in [4.78, 5) is 12.5. The van der Waals surface area contributed by atoms with Gasteiger partial charge in [0.05, 0.1) is 17.5 Å². The van der Waals surface area contributed by atoms with Gasteiger partial charge in [-0.05, 0) is 36.4 Å². The highest BCUT2D eigenvalue weighted by Crippen LogP contribution is 2.33. The third-order valence-electron chi connectivity index (χ3n) is 4.57. The number of hydrogen-bond acceptors (Lipinski definition) is 5. The number of rotatable bonds is 5. The Hall–Kier alpha value is -4.20. The lowest BCUT2D eigenvalue weighted by Crippen LogP contribution is -1.97. The first kappa shape index (κ1) is 17.9. The van der Waals surface area contributed by atoms with Crippen molar-refractivity contribution >= 4 is 17.2 Å². The van der Waals surface area contributed by atoms with Gasteiger partial charge in [-0.2, -0.15) is 0 Å². The summed E-state index contributed by atoms with van der Waals surface area (Å²) < 4.78 is 24.5. The molecular weight excluding hydrogens is 383 g/mol. The van der Waals surface area contributed by atoms with Gasteiger partial charge in [-0.25, -0.2) is 19.3 Å². The molecule has 0 bridgehead atoms. The number of aromatic nitrogens is 5. The van der Waals surface area contributed by atoms with Crippen molar-refractivity contribution in [2.75, 3.05) is 5.32 Å². The van der Waals surface area contributed by atoms with E-state index in [1.807, 2.05) is 52.8 Å². The van der Waals surface area contributed by atoms with Gasteiger partial charge in [0.1, 0.15) is 0 Å². The Morgan fingerprint density at radius 2 is 1.83 bits per heavy atom. The molecule has 1 aromatic carbocycles. The normalized spacial score (nSPS) is 11.0. The molecule has 0 radical (unpaired) electrons. The molecule has 4 heterocycles. The SMILES string of the molecule is Cn1cnc(-c2cc(Oc3ccc(Nc4ncccn4)cc3F)c3cccn3c2)c1. The number of halogens is 1. The minimum atomic E-state index is -0.496. The van der Waals surface area contributed by atoms with Gasteiger partial charge in [-0.3, -0.25) is 0 Å². The van der Waals surface area contributed by atoms with E-state index in [2.05, 4.69) is 20.3 Å². The Morgan fingerprint density at radius 1 is 0.967 bits per heavy atom. The van der Waals surface area contributed by atoms with E-state index in [-0.39, 0.29) is 5.75 Å². The molecule has 1 N–H and O–H groups in total. The molecule has 0 aliphatic carbocycles. The Bertz CT molecular complexity index is 1330. The summed E-state index contributed by atoms with van der Waals surface area (Å²) in [6, 6.07) is 12.0. The minimum absolute atomic E-state index is 0.121. The van der Waals surface area contributed by atoms with Gasteiger partial charge in [-0.15, -0.1) is 0 Å². The number of ether oxygens (including phenoxy) is 1. The van der Waals surface area contributed by atoms with E-state index in [1.54, 1.807) is 36.9 Å². The molecule has 5 aromatic rings. The van der Waals surface area contributed by atoms with Gasteiger partial charge >= 0.3 is 0 Å². The maximum atomic E-state index is 14.8. The van der Waals surface area contributed by atoms with Crippen LogP contribution in [0.25, 0.3) is 16.8 Å². The maximum absolute atomic E-state index is 14.8. The van der Waals surface area contributed by atoms with Crippen molar-refractivity contribution in [1.82, 2.24) is 23.9 Å². The average molecular weight is 400 g/mol. The Balaban J connectivity index is 1.47. The van der Waals surface area contributed by atoms with Crippen molar-refractivity contribution in [2.45, 2.75) is 0 Å². The van der Waals surface area contributed by atoms with Gasteiger partial charge in [0.25, 0.3) is 0 Å². The first-order valence-electron chi connectivity index (χ1n) is 9.26. The summed E-state index contributed by atoms with van der Waals surface area (Å²) in [7, 11) is 1.91. The summed E-state index contributed by atoms with van der Waals surface area (Å²) in [6.07, 6.45) is 10.8. The van der Waals surface area contributed by atoms with Gasteiger partial charge < -0.3 is 19.0 Å². The topological polar surface area (TPSA) is 69.3 Å². The van der Waals surface area contributed by atoms with E-state index in [9.17, 15) is 4.39 Å². The Kier molecular flexibility index (Phi) is 4.36. The monoisotopic (exact) mass is 400 g/mol. The first-order chi connectivity index (χ1) is 14.7. The zero-order chi connectivity index (χ0) is 20.5. The molecule has 0 spiro atoms. The summed E-state index contributed by atoms with van der Waals surface area (Å²) in [6.45, 7) is 0. The van der Waals surface area contributed by atoms with Gasteiger partial charge in [0, 0.05) is 55.3 Å². The van der Waals surface area contributed by atoms with Gasteiger partial charge in [-0.1, -0.05) is 0 Å². The number of imidazole rings is 1. The van der Waals surface area contributed by atoms with Crippen LogP contribution in [0.2, 0.25) is 0 Å². The molecule has 0 atom stereocenters. The van der Waals surface area contributed by atoms with E-state index >= 15 is 0 Å². The number of hydrogen-bond donors (Lipinski definition) is 1. The zero-order valence-electron chi connectivity index (χ0n) is 16.0. The molecule has 4 aromatic heterocycles. The quantitative estimate of drug-likeness (QED) is 0.459. The van der Waals surface area contributed by atoms with Crippen molar-refractivity contribution in [3.05, 3.63) is 85.6 Å². The number of fused-ring (bicyclic) bond motifs is 1. The van der Waals surface area contributed by atoms with Crippen LogP contribution in [0.15, 0.2) is 79.8 Å². The predicted molar refractivity (Wildman–Crippen MR) is 111 cm³/mol. The lowest BCUT2D eigenvalue weighted by molar-refractivity contribution is 0.445. The largest absolute Gasteiger partial charge is 0.452 e. The molecule has 0 saturated heterocycles. The molecule has 7 nitrogen and oxygen atoms in total. The minimum Gasteiger partial charge on any atom is -0.452 e. The standard InChI is InChI=1S/C22H17FN6O/c1-28-13-18(26-14-28)15-10-21(19-4-2-9-29(19)12-15)30-20-6-5-16(11-17(20)23)27-22-24-7-3-8-25-22/h2-14H,1H3,(H,24,25,27). The summed E-state index contributed by atoms with van der Waals surface area (Å²) in [5.74, 6) is 0.553. The molecule has 0 aliphatic rings. The molecular formula is C22H17FN6O. The predicted octanol–water partition coefficient (Wildman–Crippen LogP) is 4.80. The fraction of sp³-hybridized carbons (Fsp3) is 0.0455. The second kappa shape index (κ2) is 7.32. The van der Waals surface area contributed by atoms with Crippen molar-refractivity contribution in [3.63, 3.8) is 0 Å². The van der Waals surface area contributed by atoms with Crippen molar-refractivity contribution in [3.8, 4) is 22.8 Å². The van der Waals surface area contributed by atoms with Gasteiger partial charge in [0.2, 0.25) is 5.95 Å². The first-order valence-corrected chi connectivity index (χ1v) is 9.26. The number of aryl methyl sites for hydroxylation is 1. The highest BCUT2D eigenvalue weighted by atomic mass is 19.1. The van der Waals surface area contributed by atoms with Crippen LogP contribution in [-0.2, 0) is 7.05 Å². The molecule has 148 valence electrons. The number of nitrogens with zero attached hydrogens (tertiary/aromatic N) is 5. The molecule has 0 amide bonds. The second-order valence-electron chi connectivity index (χ2n) is 6.76. The maximum Gasteiger partial charge on any atom is 0.227 e. The number of nitrogens with one attached hydrogen (secondary N) is 1. The van der Waals surface area contributed by atoms with Crippen LogP contribution < -0.4 is 10.1 Å².